The third kappa shape index (κ3) is 4.45. The van der Waals surface area contributed by atoms with Crippen LogP contribution in [0, 0.1) is 12.8 Å². The Morgan fingerprint density at radius 3 is 2.57 bits per heavy atom. The van der Waals surface area contributed by atoms with Gasteiger partial charge in [-0.25, -0.2) is 4.79 Å². The minimum atomic E-state index is -0.968. The van der Waals surface area contributed by atoms with Crippen molar-refractivity contribution in [1.29, 1.82) is 0 Å². The van der Waals surface area contributed by atoms with E-state index in [-0.39, 0.29) is 11.8 Å². The number of carbonyl (C=O) groups is 2. The number of aryl methyl sites for hydroxylation is 1. The van der Waals surface area contributed by atoms with Crippen molar-refractivity contribution < 1.29 is 14.7 Å². The van der Waals surface area contributed by atoms with Crippen molar-refractivity contribution >= 4 is 23.6 Å². The van der Waals surface area contributed by atoms with Crippen molar-refractivity contribution in [3.63, 3.8) is 0 Å². The van der Waals surface area contributed by atoms with Crippen LogP contribution in [0.15, 0.2) is 24.3 Å². The van der Waals surface area contributed by atoms with E-state index in [9.17, 15) is 9.59 Å². The van der Waals surface area contributed by atoms with E-state index in [4.69, 9.17) is 5.11 Å². The van der Waals surface area contributed by atoms with Crippen LogP contribution < -0.4 is 5.32 Å². The van der Waals surface area contributed by atoms with Gasteiger partial charge in [0, 0.05) is 17.7 Å². The fraction of sp³-hybridized carbons (Fsp3) is 0.412. The summed E-state index contributed by atoms with van der Waals surface area (Å²) in [5.74, 6) is -0.738. The highest BCUT2D eigenvalue weighted by Crippen LogP contribution is 2.25. The predicted octanol–water partition coefficient (Wildman–Crippen LogP) is 3.61. The van der Waals surface area contributed by atoms with E-state index in [1.54, 1.807) is 6.08 Å². The molecule has 1 fully saturated rings. The highest BCUT2D eigenvalue weighted by atomic mass is 16.4. The monoisotopic (exact) mass is 287 g/mol. The molecule has 0 heterocycles. The van der Waals surface area contributed by atoms with E-state index in [1.807, 2.05) is 25.1 Å². The molecule has 0 aromatic heterocycles. The Bertz CT molecular complexity index is 557. The van der Waals surface area contributed by atoms with Gasteiger partial charge in [0.1, 0.15) is 0 Å². The molecule has 4 nitrogen and oxygen atoms in total. The number of amides is 1. The van der Waals surface area contributed by atoms with Gasteiger partial charge in [0.25, 0.3) is 0 Å². The lowest BCUT2D eigenvalue weighted by Gasteiger charge is -2.21. The van der Waals surface area contributed by atoms with Crippen molar-refractivity contribution in [2.75, 3.05) is 5.32 Å². The third-order valence-corrected chi connectivity index (χ3v) is 3.92. The number of anilines is 1. The Labute approximate surface area is 124 Å². The standard InChI is InChI=1S/C17H21NO3/c1-12-11-15(9-7-13(12)8-10-16(19)20)18-17(21)14-5-3-2-4-6-14/h7-11,14H,2-6H2,1H3,(H,18,21)(H,19,20). The van der Waals surface area contributed by atoms with E-state index in [0.717, 1.165) is 48.6 Å². The Kier molecular flexibility index (Phi) is 5.14. The summed E-state index contributed by atoms with van der Waals surface area (Å²) in [5.41, 5.74) is 2.55. The molecule has 0 bridgehead atoms. The Hall–Kier alpha value is -2.10. The zero-order chi connectivity index (χ0) is 15.2. The number of hydrogen-bond acceptors (Lipinski definition) is 2. The quantitative estimate of drug-likeness (QED) is 0.831. The summed E-state index contributed by atoms with van der Waals surface area (Å²) in [6.07, 6.45) is 8.13. The van der Waals surface area contributed by atoms with Crippen LogP contribution >= 0.6 is 0 Å². The van der Waals surface area contributed by atoms with Crippen LogP contribution in [0.1, 0.15) is 43.2 Å². The second kappa shape index (κ2) is 7.07. The van der Waals surface area contributed by atoms with Gasteiger partial charge >= 0.3 is 5.97 Å². The molecule has 21 heavy (non-hydrogen) atoms. The summed E-state index contributed by atoms with van der Waals surface area (Å²) in [7, 11) is 0. The average molecular weight is 287 g/mol. The van der Waals surface area contributed by atoms with Gasteiger partial charge in [-0.1, -0.05) is 25.3 Å². The van der Waals surface area contributed by atoms with E-state index in [1.165, 1.54) is 6.42 Å². The molecular formula is C17H21NO3. The van der Waals surface area contributed by atoms with E-state index < -0.39 is 5.97 Å². The first-order valence-electron chi connectivity index (χ1n) is 7.39. The third-order valence-electron chi connectivity index (χ3n) is 3.92. The Morgan fingerprint density at radius 1 is 1.24 bits per heavy atom. The van der Waals surface area contributed by atoms with Gasteiger partial charge in [0.2, 0.25) is 5.91 Å². The largest absolute Gasteiger partial charge is 0.478 e. The maximum atomic E-state index is 12.2. The second-order valence-electron chi connectivity index (χ2n) is 5.57. The molecule has 112 valence electrons. The molecule has 1 aliphatic rings. The number of nitrogens with one attached hydrogen (secondary N) is 1. The molecule has 4 heteroatoms. The minimum Gasteiger partial charge on any atom is -0.478 e. The van der Waals surface area contributed by atoms with Gasteiger partial charge in [-0.05, 0) is 49.1 Å². The summed E-state index contributed by atoms with van der Waals surface area (Å²) < 4.78 is 0. The van der Waals surface area contributed by atoms with Crippen LogP contribution in [-0.2, 0) is 9.59 Å². The van der Waals surface area contributed by atoms with Crippen LogP contribution in [0.25, 0.3) is 6.08 Å². The average Bonchev–Trinajstić information content (AvgIpc) is 2.47. The summed E-state index contributed by atoms with van der Waals surface area (Å²) in [6, 6.07) is 5.52. The van der Waals surface area contributed by atoms with Crippen molar-refractivity contribution in [2.45, 2.75) is 39.0 Å². The molecule has 0 unspecified atom stereocenters. The van der Waals surface area contributed by atoms with Crippen LogP contribution in [0.5, 0.6) is 0 Å². The number of rotatable bonds is 4. The molecule has 0 aliphatic heterocycles. The van der Waals surface area contributed by atoms with Crippen LogP contribution in [0.4, 0.5) is 5.69 Å². The molecule has 1 aliphatic carbocycles. The van der Waals surface area contributed by atoms with E-state index in [0.29, 0.717) is 0 Å². The number of aliphatic carboxylic acids is 1. The molecule has 1 amide bonds. The molecule has 2 rings (SSSR count). The molecule has 1 aromatic rings. The zero-order valence-electron chi connectivity index (χ0n) is 12.3. The molecular weight excluding hydrogens is 266 g/mol. The number of carboxylic acid groups (broad SMARTS) is 1. The maximum Gasteiger partial charge on any atom is 0.328 e. The first kappa shape index (κ1) is 15.3. The minimum absolute atomic E-state index is 0.0999. The van der Waals surface area contributed by atoms with Crippen LogP contribution in [0.2, 0.25) is 0 Å². The molecule has 1 aromatic carbocycles. The van der Waals surface area contributed by atoms with Crippen LogP contribution in [0.3, 0.4) is 0 Å². The van der Waals surface area contributed by atoms with Crippen molar-refractivity contribution in [1.82, 2.24) is 0 Å². The highest BCUT2D eigenvalue weighted by Gasteiger charge is 2.20. The lowest BCUT2D eigenvalue weighted by atomic mass is 9.88. The number of benzene rings is 1. The van der Waals surface area contributed by atoms with E-state index >= 15 is 0 Å². The van der Waals surface area contributed by atoms with Gasteiger partial charge in [0.15, 0.2) is 0 Å². The molecule has 0 spiro atoms. The zero-order valence-corrected chi connectivity index (χ0v) is 12.3. The van der Waals surface area contributed by atoms with Gasteiger partial charge in [-0.2, -0.15) is 0 Å². The lowest BCUT2D eigenvalue weighted by molar-refractivity contribution is -0.131. The SMILES string of the molecule is Cc1cc(NC(=O)C2CCCCC2)ccc1C=CC(=O)O. The van der Waals surface area contributed by atoms with Gasteiger partial charge < -0.3 is 10.4 Å². The molecule has 0 radical (unpaired) electrons. The predicted molar refractivity (Wildman–Crippen MR) is 83.1 cm³/mol. The van der Waals surface area contributed by atoms with Crippen molar-refractivity contribution in [2.24, 2.45) is 5.92 Å². The molecule has 1 saturated carbocycles. The summed E-state index contributed by atoms with van der Waals surface area (Å²) >= 11 is 0. The molecule has 0 saturated heterocycles. The van der Waals surface area contributed by atoms with E-state index in [2.05, 4.69) is 5.32 Å². The van der Waals surface area contributed by atoms with Crippen molar-refractivity contribution in [3.8, 4) is 0 Å². The summed E-state index contributed by atoms with van der Waals surface area (Å²) in [4.78, 5) is 22.7. The summed E-state index contributed by atoms with van der Waals surface area (Å²) in [5, 5.41) is 11.6. The van der Waals surface area contributed by atoms with Crippen LogP contribution in [-0.4, -0.2) is 17.0 Å². The Balaban J connectivity index is 2.02. The maximum absolute atomic E-state index is 12.2. The Morgan fingerprint density at radius 2 is 1.95 bits per heavy atom. The topological polar surface area (TPSA) is 66.4 Å². The first-order valence-corrected chi connectivity index (χ1v) is 7.39. The molecule has 0 atom stereocenters. The van der Waals surface area contributed by atoms with Gasteiger partial charge in [-0.3, -0.25) is 4.79 Å². The normalized spacial score (nSPS) is 16.0. The second-order valence-corrected chi connectivity index (χ2v) is 5.57. The number of carbonyl (C=O) groups excluding carboxylic acids is 1. The fourth-order valence-corrected chi connectivity index (χ4v) is 2.71. The first-order chi connectivity index (χ1) is 10.1. The lowest BCUT2D eigenvalue weighted by Crippen LogP contribution is -2.24. The smallest absolute Gasteiger partial charge is 0.328 e. The fourth-order valence-electron chi connectivity index (χ4n) is 2.71. The van der Waals surface area contributed by atoms with Gasteiger partial charge in [-0.15, -0.1) is 0 Å². The summed E-state index contributed by atoms with van der Waals surface area (Å²) in [6.45, 7) is 1.90. The van der Waals surface area contributed by atoms with Gasteiger partial charge in [0.05, 0.1) is 0 Å². The number of hydrogen-bond donors (Lipinski definition) is 2. The highest BCUT2D eigenvalue weighted by molar-refractivity contribution is 5.93. The molecule has 2 N–H and O–H groups in total. The van der Waals surface area contributed by atoms with Crippen molar-refractivity contribution in [3.05, 3.63) is 35.4 Å². The number of carboxylic acids is 1.